The first kappa shape index (κ1) is 16.5. The first-order chi connectivity index (χ1) is 8.77. The molecule has 2 N–H and O–H groups in total. The van der Waals surface area contributed by atoms with E-state index >= 15 is 0 Å². The Morgan fingerprint density at radius 2 is 2.16 bits per heavy atom. The fourth-order valence-electron chi connectivity index (χ4n) is 1.59. The van der Waals surface area contributed by atoms with Gasteiger partial charge in [0.25, 0.3) is 0 Å². The summed E-state index contributed by atoms with van der Waals surface area (Å²) in [5.41, 5.74) is 0. The Balaban J connectivity index is 2.94. The first-order valence-electron chi connectivity index (χ1n) is 5.59. The fraction of sp³-hybridized carbons (Fsp3) is 0.545. The molecule has 0 aliphatic rings. The lowest BCUT2D eigenvalue weighted by atomic mass is 10.2. The number of aryl methyl sites for hydroxylation is 2. The lowest BCUT2D eigenvalue weighted by molar-refractivity contribution is -0.139. The number of nitrogens with one attached hydrogen (secondary N) is 1. The highest BCUT2D eigenvalue weighted by molar-refractivity contribution is 7.98. The van der Waals surface area contributed by atoms with Crippen LogP contribution in [0.25, 0.3) is 0 Å². The summed E-state index contributed by atoms with van der Waals surface area (Å²) in [5, 5.41) is 9.05. The van der Waals surface area contributed by atoms with Crippen LogP contribution in [0.2, 0.25) is 0 Å². The van der Waals surface area contributed by atoms with Crippen LogP contribution in [0.3, 0.4) is 0 Å². The van der Waals surface area contributed by atoms with Gasteiger partial charge in [0.05, 0.1) is 4.90 Å². The van der Waals surface area contributed by atoms with Crippen molar-refractivity contribution in [2.45, 2.75) is 31.2 Å². The van der Waals surface area contributed by atoms with Gasteiger partial charge < -0.3 is 5.11 Å². The molecule has 0 saturated carbocycles. The second-order valence-corrected chi connectivity index (χ2v) is 8.20. The molecule has 0 unspecified atom stereocenters. The van der Waals surface area contributed by atoms with Crippen LogP contribution in [0.5, 0.6) is 0 Å². The molecule has 0 aliphatic carbocycles. The van der Waals surface area contributed by atoms with Crippen molar-refractivity contribution < 1.29 is 18.3 Å². The van der Waals surface area contributed by atoms with E-state index in [-0.39, 0.29) is 11.3 Å². The molecular formula is C11H17NO4S3. The van der Waals surface area contributed by atoms with E-state index in [0.29, 0.717) is 10.6 Å². The van der Waals surface area contributed by atoms with Crippen LogP contribution in [0, 0.1) is 13.8 Å². The van der Waals surface area contributed by atoms with Gasteiger partial charge in [0.1, 0.15) is 6.04 Å². The summed E-state index contributed by atoms with van der Waals surface area (Å²) in [4.78, 5) is 12.8. The van der Waals surface area contributed by atoms with E-state index in [2.05, 4.69) is 4.72 Å². The molecule has 0 radical (unpaired) electrons. The molecule has 1 aromatic rings. The number of aliphatic carboxylic acids is 1. The summed E-state index contributed by atoms with van der Waals surface area (Å²) >= 11 is 2.86. The van der Waals surface area contributed by atoms with Gasteiger partial charge in [-0.05, 0) is 38.3 Å². The van der Waals surface area contributed by atoms with E-state index in [0.717, 1.165) is 4.88 Å². The normalized spacial score (nSPS) is 13.4. The highest BCUT2D eigenvalue weighted by atomic mass is 32.2. The van der Waals surface area contributed by atoms with Crippen molar-refractivity contribution in [3.05, 3.63) is 15.8 Å². The standard InChI is InChI=1S/C11H17NO4S3/c1-7-6-10(8(2)18-7)19(15,16)12-9(11(13)14)4-5-17-3/h6,9,12H,4-5H2,1-3H3,(H,13,14)/t9-/m0/s1. The summed E-state index contributed by atoms with van der Waals surface area (Å²) in [5.74, 6) is -0.566. The van der Waals surface area contributed by atoms with Crippen molar-refractivity contribution in [1.82, 2.24) is 4.72 Å². The molecule has 0 amide bonds. The molecule has 1 atom stereocenters. The highest BCUT2D eigenvalue weighted by Gasteiger charge is 2.26. The number of hydrogen-bond donors (Lipinski definition) is 2. The Labute approximate surface area is 121 Å². The van der Waals surface area contributed by atoms with Crippen molar-refractivity contribution in [2.24, 2.45) is 0 Å². The van der Waals surface area contributed by atoms with Gasteiger partial charge in [-0.15, -0.1) is 11.3 Å². The molecule has 5 nitrogen and oxygen atoms in total. The summed E-state index contributed by atoms with van der Waals surface area (Å²) in [6.45, 7) is 3.53. The number of rotatable bonds is 7. The van der Waals surface area contributed by atoms with E-state index in [1.54, 1.807) is 13.0 Å². The zero-order valence-electron chi connectivity index (χ0n) is 11.0. The van der Waals surface area contributed by atoms with E-state index in [9.17, 15) is 13.2 Å². The monoisotopic (exact) mass is 323 g/mol. The second-order valence-electron chi connectivity index (χ2n) is 4.07. The summed E-state index contributed by atoms with van der Waals surface area (Å²) in [6.07, 6.45) is 2.11. The number of thioether (sulfide) groups is 1. The molecule has 0 fully saturated rings. The molecular weight excluding hydrogens is 306 g/mol. The van der Waals surface area contributed by atoms with Crippen LogP contribution in [0.15, 0.2) is 11.0 Å². The summed E-state index contributed by atoms with van der Waals surface area (Å²) in [6, 6.07) is 0.479. The Kier molecular flexibility index (Phi) is 5.84. The molecule has 0 saturated heterocycles. The topological polar surface area (TPSA) is 83.5 Å². The van der Waals surface area contributed by atoms with Gasteiger partial charge >= 0.3 is 5.97 Å². The third-order valence-electron chi connectivity index (χ3n) is 2.49. The number of thiophene rings is 1. The van der Waals surface area contributed by atoms with Crippen LogP contribution in [0.1, 0.15) is 16.2 Å². The molecule has 0 bridgehead atoms. The lowest BCUT2D eigenvalue weighted by Crippen LogP contribution is -2.41. The largest absolute Gasteiger partial charge is 0.480 e. The SMILES string of the molecule is CSCC[C@H](NS(=O)(=O)c1cc(C)sc1C)C(=O)O. The minimum atomic E-state index is -3.77. The van der Waals surface area contributed by atoms with E-state index in [1.807, 2.05) is 13.2 Å². The van der Waals surface area contributed by atoms with Crippen LogP contribution in [-0.2, 0) is 14.8 Å². The summed E-state index contributed by atoms with van der Waals surface area (Å²) in [7, 11) is -3.77. The Bertz CT molecular complexity index is 550. The molecule has 1 rings (SSSR count). The van der Waals surface area contributed by atoms with Crippen LogP contribution in [-0.4, -0.2) is 37.5 Å². The van der Waals surface area contributed by atoms with E-state index < -0.39 is 22.0 Å². The van der Waals surface area contributed by atoms with Crippen molar-refractivity contribution in [3.8, 4) is 0 Å². The zero-order valence-corrected chi connectivity index (χ0v) is 13.4. The van der Waals surface area contributed by atoms with Gasteiger partial charge in [-0.25, -0.2) is 8.42 Å². The van der Waals surface area contributed by atoms with E-state index in [1.165, 1.54) is 23.1 Å². The Morgan fingerprint density at radius 1 is 1.53 bits per heavy atom. The fourth-order valence-corrected chi connectivity index (χ4v) is 4.84. The van der Waals surface area contributed by atoms with Gasteiger partial charge in [0.15, 0.2) is 0 Å². The third kappa shape index (κ3) is 4.48. The van der Waals surface area contributed by atoms with E-state index in [4.69, 9.17) is 5.11 Å². The van der Waals surface area contributed by atoms with Crippen molar-refractivity contribution in [2.75, 3.05) is 12.0 Å². The first-order valence-corrected chi connectivity index (χ1v) is 9.28. The number of sulfonamides is 1. The Hall–Kier alpha value is -0.570. The molecule has 0 aromatic carbocycles. The molecule has 0 spiro atoms. The average molecular weight is 323 g/mol. The van der Waals surface area contributed by atoms with Gasteiger partial charge in [0, 0.05) is 9.75 Å². The maximum Gasteiger partial charge on any atom is 0.321 e. The molecule has 19 heavy (non-hydrogen) atoms. The smallest absolute Gasteiger partial charge is 0.321 e. The molecule has 1 aromatic heterocycles. The van der Waals surface area contributed by atoms with Crippen molar-refractivity contribution in [1.29, 1.82) is 0 Å². The maximum absolute atomic E-state index is 12.2. The Morgan fingerprint density at radius 3 is 2.58 bits per heavy atom. The minimum absolute atomic E-state index is 0.172. The number of hydrogen-bond acceptors (Lipinski definition) is 5. The van der Waals surface area contributed by atoms with Gasteiger partial charge in [-0.2, -0.15) is 16.5 Å². The minimum Gasteiger partial charge on any atom is -0.480 e. The van der Waals surface area contributed by atoms with Gasteiger partial charge in [-0.1, -0.05) is 0 Å². The maximum atomic E-state index is 12.2. The lowest BCUT2D eigenvalue weighted by Gasteiger charge is -2.14. The van der Waals surface area contributed by atoms with Crippen LogP contribution < -0.4 is 4.72 Å². The number of carboxylic acid groups (broad SMARTS) is 1. The number of carbonyl (C=O) groups is 1. The molecule has 108 valence electrons. The van der Waals surface area contributed by atoms with Crippen LogP contribution >= 0.6 is 23.1 Å². The molecule has 0 aliphatic heterocycles. The predicted octanol–water partition coefficient (Wildman–Crippen LogP) is 1.85. The molecule has 8 heteroatoms. The van der Waals surface area contributed by atoms with Gasteiger partial charge in [0.2, 0.25) is 10.0 Å². The summed E-state index contributed by atoms with van der Waals surface area (Å²) < 4.78 is 26.6. The quantitative estimate of drug-likeness (QED) is 0.800. The van der Waals surface area contributed by atoms with Gasteiger partial charge in [-0.3, -0.25) is 4.79 Å². The van der Waals surface area contributed by atoms with Crippen molar-refractivity contribution >= 4 is 39.1 Å². The molecule has 1 heterocycles. The third-order valence-corrected chi connectivity index (χ3v) is 5.83. The average Bonchev–Trinajstić information content (AvgIpc) is 2.64. The zero-order chi connectivity index (χ0) is 14.6. The highest BCUT2D eigenvalue weighted by Crippen LogP contribution is 2.25. The second kappa shape index (κ2) is 6.74. The number of carboxylic acids is 1. The van der Waals surface area contributed by atoms with Crippen LogP contribution in [0.4, 0.5) is 0 Å². The predicted molar refractivity (Wildman–Crippen MR) is 78.5 cm³/mol. The van der Waals surface area contributed by atoms with Crippen molar-refractivity contribution in [3.63, 3.8) is 0 Å².